The molecule has 0 heterocycles. The van der Waals surface area contributed by atoms with Gasteiger partial charge in [0.25, 0.3) is 0 Å². The molecule has 1 unspecified atom stereocenters. The van der Waals surface area contributed by atoms with Crippen LogP contribution in [-0.2, 0) is 4.79 Å². The molecule has 1 atom stereocenters. The zero-order valence-electron chi connectivity index (χ0n) is 8.79. The predicted molar refractivity (Wildman–Crippen MR) is 60.1 cm³/mol. The quantitative estimate of drug-likeness (QED) is 0.858. The first kappa shape index (κ1) is 11.9. The molecule has 0 saturated heterocycles. The molecule has 3 nitrogen and oxygen atoms in total. The van der Waals surface area contributed by atoms with Gasteiger partial charge in [-0.2, -0.15) is 0 Å². The summed E-state index contributed by atoms with van der Waals surface area (Å²) < 4.78 is 5.55. The summed E-state index contributed by atoms with van der Waals surface area (Å²) in [6.45, 7) is 3.71. The Morgan fingerprint density at radius 3 is 2.80 bits per heavy atom. The molecule has 0 aromatic heterocycles. The Kier molecular flexibility index (Phi) is 3.97. The monoisotopic (exact) mass is 227 g/mol. The van der Waals surface area contributed by atoms with Gasteiger partial charge in [-0.1, -0.05) is 11.6 Å². The number of aryl methyl sites for hydroxylation is 1. The van der Waals surface area contributed by atoms with E-state index in [0.29, 0.717) is 5.02 Å². The summed E-state index contributed by atoms with van der Waals surface area (Å²) in [6, 6.07) is 5.35. The molecule has 0 aliphatic carbocycles. The van der Waals surface area contributed by atoms with E-state index in [1.807, 2.05) is 13.0 Å². The highest BCUT2D eigenvalue weighted by Gasteiger charge is 2.09. The van der Waals surface area contributed by atoms with Crippen LogP contribution in [0.15, 0.2) is 18.2 Å². The van der Waals surface area contributed by atoms with Crippen molar-refractivity contribution in [2.75, 3.05) is 0 Å². The Labute approximate surface area is 94.2 Å². The number of nitrogens with two attached hydrogens (primary N) is 1. The lowest BCUT2D eigenvalue weighted by atomic mass is 10.2. The Bertz CT molecular complexity index is 366. The van der Waals surface area contributed by atoms with E-state index >= 15 is 0 Å². The van der Waals surface area contributed by atoms with Crippen LogP contribution in [0.2, 0.25) is 5.02 Å². The van der Waals surface area contributed by atoms with Crippen LogP contribution in [0.4, 0.5) is 0 Å². The second-order valence-corrected chi connectivity index (χ2v) is 3.95. The molecule has 0 aliphatic rings. The van der Waals surface area contributed by atoms with E-state index < -0.39 is 0 Å². The largest absolute Gasteiger partial charge is 0.490 e. The minimum atomic E-state index is -0.367. The van der Waals surface area contributed by atoms with Crippen LogP contribution < -0.4 is 10.5 Å². The number of amides is 1. The zero-order chi connectivity index (χ0) is 11.4. The normalized spacial score (nSPS) is 12.2. The van der Waals surface area contributed by atoms with Gasteiger partial charge in [-0.3, -0.25) is 4.79 Å². The summed E-state index contributed by atoms with van der Waals surface area (Å²) >= 11 is 5.81. The average Bonchev–Trinajstić information content (AvgIpc) is 2.08. The van der Waals surface area contributed by atoms with E-state index in [1.165, 1.54) is 0 Å². The lowest BCUT2D eigenvalue weighted by Crippen LogP contribution is -2.22. The lowest BCUT2D eigenvalue weighted by Gasteiger charge is -2.14. The number of hydrogen-bond acceptors (Lipinski definition) is 2. The second-order valence-electron chi connectivity index (χ2n) is 3.51. The van der Waals surface area contributed by atoms with Crippen molar-refractivity contribution in [2.45, 2.75) is 26.4 Å². The van der Waals surface area contributed by atoms with Crippen molar-refractivity contribution in [1.29, 1.82) is 0 Å². The van der Waals surface area contributed by atoms with Crippen LogP contribution in [-0.4, -0.2) is 12.0 Å². The smallest absolute Gasteiger partial charge is 0.221 e. The topological polar surface area (TPSA) is 52.3 Å². The predicted octanol–water partition coefficient (Wildman–Crippen LogP) is 2.29. The molecule has 1 amide bonds. The highest BCUT2D eigenvalue weighted by molar-refractivity contribution is 6.30. The van der Waals surface area contributed by atoms with Crippen molar-refractivity contribution in [1.82, 2.24) is 0 Å². The fraction of sp³-hybridized carbons (Fsp3) is 0.364. The lowest BCUT2D eigenvalue weighted by molar-refractivity contribution is -0.119. The maximum absolute atomic E-state index is 10.7. The number of ether oxygens (including phenoxy) is 1. The first-order chi connectivity index (χ1) is 6.99. The minimum Gasteiger partial charge on any atom is -0.490 e. The van der Waals surface area contributed by atoms with Crippen LogP contribution in [0.5, 0.6) is 5.75 Å². The van der Waals surface area contributed by atoms with Gasteiger partial charge in [-0.05, 0) is 37.6 Å². The Hall–Kier alpha value is -1.22. The van der Waals surface area contributed by atoms with Crippen molar-refractivity contribution in [3.05, 3.63) is 28.8 Å². The molecule has 0 saturated carbocycles. The molecule has 2 N–H and O–H groups in total. The van der Waals surface area contributed by atoms with Crippen molar-refractivity contribution >= 4 is 17.5 Å². The Balaban J connectivity index is 2.68. The van der Waals surface area contributed by atoms with E-state index in [-0.39, 0.29) is 18.4 Å². The number of rotatable bonds is 4. The van der Waals surface area contributed by atoms with Crippen LogP contribution in [0.3, 0.4) is 0 Å². The van der Waals surface area contributed by atoms with Crippen molar-refractivity contribution in [2.24, 2.45) is 5.73 Å². The number of benzene rings is 1. The molecule has 4 heteroatoms. The average molecular weight is 228 g/mol. The van der Waals surface area contributed by atoms with Gasteiger partial charge in [0.2, 0.25) is 5.91 Å². The SMILES string of the molecule is Cc1cc(Cl)ccc1OC(C)CC(N)=O. The standard InChI is InChI=1S/C11H14ClNO2/c1-7-5-9(12)3-4-10(7)15-8(2)6-11(13)14/h3-5,8H,6H2,1-2H3,(H2,13,14). The van der Waals surface area contributed by atoms with Crippen LogP contribution in [0, 0.1) is 6.92 Å². The highest BCUT2D eigenvalue weighted by Crippen LogP contribution is 2.23. The summed E-state index contributed by atoms with van der Waals surface area (Å²) in [6.07, 6.45) is -0.00964. The summed E-state index contributed by atoms with van der Waals surface area (Å²) in [5, 5.41) is 0.669. The van der Waals surface area contributed by atoms with Crippen molar-refractivity contribution in [3.63, 3.8) is 0 Å². The van der Waals surface area contributed by atoms with Crippen LogP contribution in [0.1, 0.15) is 18.9 Å². The van der Waals surface area contributed by atoms with E-state index in [0.717, 1.165) is 11.3 Å². The molecule has 82 valence electrons. The maximum Gasteiger partial charge on any atom is 0.221 e. The highest BCUT2D eigenvalue weighted by atomic mass is 35.5. The van der Waals surface area contributed by atoms with E-state index in [1.54, 1.807) is 19.1 Å². The second kappa shape index (κ2) is 5.03. The molecular formula is C11H14ClNO2. The van der Waals surface area contributed by atoms with Gasteiger partial charge >= 0.3 is 0 Å². The number of hydrogen-bond donors (Lipinski definition) is 1. The first-order valence-electron chi connectivity index (χ1n) is 4.70. The molecular weight excluding hydrogens is 214 g/mol. The molecule has 0 aliphatic heterocycles. The molecule has 1 rings (SSSR count). The third-order valence-corrected chi connectivity index (χ3v) is 2.19. The van der Waals surface area contributed by atoms with Gasteiger partial charge in [0.15, 0.2) is 0 Å². The van der Waals surface area contributed by atoms with Gasteiger partial charge in [-0.25, -0.2) is 0 Å². The van der Waals surface area contributed by atoms with Gasteiger partial charge in [0.1, 0.15) is 11.9 Å². The van der Waals surface area contributed by atoms with E-state index in [2.05, 4.69) is 0 Å². The van der Waals surface area contributed by atoms with Gasteiger partial charge < -0.3 is 10.5 Å². The first-order valence-corrected chi connectivity index (χ1v) is 5.08. The molecule has 1 aromatic carbocycles. The van der Waals surface area contributed by atoms with Crippen LogP contribution in [0.25, 0.3) is 0 Å². The van der Waals surface area contributed by atoms with Gasteiger partial charge in [0, 0.05) is 5.02 Å². The van der Waals surface area contributed by atoms with E-state index in [9.17, 15) is 4.79 Å². The molecule has 0 fully saturated rings. The van der Waals surface area contributed by atoms with E-state index in [4.69, 9.17) is 22.1 Å². The minimum absolute atomic E-state index is 0.210. The summed E-state index contributed by atoms with van der Waals surface area (Å²) in [5.74, 6) is 0.363. The van der Waals surface area contributed by atoms with Crippen molar-refractivity contribution in [3.8, 4) is 5.75 Å². The number of primary amides is 1. The van der Waals surface area contributed by atoms with Gasteiger partial charge in [0.05, 0.1) is 6.42 Å². The van der Waals surface area contributed by atoms with Crippen molar-refractivity contribution < 1.29 is 9.53 Å². The fourth-order valence-corrected chi connectivity index (χ4v) is 1.51. The summed E-state index contributed by atoms with van der Waals surface area (Å²) in [4.78, 5) is 10.7. The fourth-order valence-electron chi connectivity index (χ4n) is 1.29. The molecule has 0 spiro atoms. The van der Waals surface area contributed by atoms with Crippen LogP contribution >= 0.6 is 11.6 Å². The molecule has 1 aromatic rings. The summed E-state index contributed by atoms with van der Waals surface area (Å²) in [5.41, 5.74) is 6.01. The molecule has 0 bridgehead atoms. The Morgan fingerprint density at radius 1 is 1.60 bits per heavy atom. The van der Waals surface area contributed by atoms with Gasteiger partial charge in [-0.15, -0.1) is 0 Å². The third kappa shape index (κ3) is 3.80. The molecule has 0 radical (unpaired) electrons. The summed E-state index contributed by atoms with van der Waals surface area (Å²) in [7, 11) is 0. The maximum atomic E-state index is 10.7. The number of carbonyl (C=O) groups excluding carboxylic acids is 1. The molecule has 15 heavy (non-hydrogen) atoms. The zero-order valence-corrected chi connectivity index (χ0v) is 9.54. The number of halogens is 1. The third-order valence-electron chi connectivity index (χ3n) is 1.95. The number of carbonyl (C=O) groups is 1. The Morgan fingerprint density at radius 2 is 2.27 bits per heavy atom.